The lowest BCUT2D eigenvalue weighted by Gasteiger charge is -2.22. The van der Waals surface area contributed by atoms with Gasteiger partial charge in [0.05, 0.1) is 5.52 Å². The molecule has 0 amide bonds. The number of aromatic nitrogens is 1. The molecule has 0 fully saturated rings. The second-order valence-corrected chi connectivity index (χ2v) is 5.16. The molecule has 0 unspecified atom stereocenters. The number of hydrogen-bond donors (Lipinski definition) is 1. The maximum absolute atomic E-state index is 11.1. The van der Waals surface area contributed by atoms with E-state index in [1.54, 1.807) is 18.3 Å². The molecule has 1 N–H and O–H groups in total. The smallest absolute Gasteiger partial charge is 0.151 e. The van der Waals surface area contributed by atoms with Gasteiger partial charge in [0.2, 0.25) is 0 Å². The number of phenolic OH excluding ortho intramolecular Hbond substituents is 1. The molecule has 17 heavy (non-hydrogen) atoms. The number of nitrogens with zero attached hydrogens (tertiary/aromatic N) is 1. The van der Waals surface area contributed by atoms with E-state index in [2.05, 4.69) is 25.8 Å². The van der Waals surface area contributed by atoms with Crippen molar-refractivity contribution in [3.05, 3.63) is 35.5 Å². The fourth-order valence-corrected chi connectivity index (χ4v) is 2.12. The van der Waals surface area contributed by atoms with Crippen molar-refractivity contribution in [1.29, 1.82) is 0 Å². The van der Waals surface area contributed by atoms with Crippen molar-refractivity contribution >= 4 is 17.2 Å². The average Bonchev–Trinajstić information content (AvgIpc) is 2.25. The summed E-state index contributed by atoms with van der Waals surface area (Å²) < 4.78 is 0. The van der Waals surface area contributed by atoms with E-state index >= 15 is 0 Å². The fraction of sp³-hybridized carbons (Fsp3) is 0.286. The van der Waals surface area contributed by atoms with Gasteiger partial charge in [-0.1, -0.05) is 20.8 Å². The number of carbonyl (C=O) groups excluding carboxylic acids is 1. The predicted molar refractivity (Wildman–Crippen MR) is 67.5 cm³/mol. The molecule has 0 bridgehead atoms. The van der Waals surface area contributed by atoms with Crippen LogP contribution in [0, 0.1) is 0 Å². The molecule has 0 aliphatic heterocycles. The van der Waals surface area contributed by atoms with Crippen molar-refractivity contribution in [3.63, 3.8) is 0 Å². The van der Waals surface area contributed by atoms with Gasteiger partial charge in [-0.15, -0.1) is 0 Å². The topological polar surface area (TPSA) is 50.2 Å². The first-order chi connectivity index (χ1) is 7.93. The second kappa shape index (κ2) is 3.84. The van der Waals surface area contributed by atoms with Crippen LogP contribution >= 0.6 is 0 Å². The van der Waals surface area contributed by atoms with Gasteiger partial charge in [0, 0.05) is 23.2 Å². The van der Waals surface area contributed by atoms with Gasteiger partial charge in [-0.25, -0.2) is 0 Å². The molecule has 0 radical (unpaired) electrons. The predicted octanol–water partition coefficient (Wildman–Crippen LogP) is 3.05. The third-order valence-corrected chi connectivity index (χ3v) is 2.76. The first kappa shape index (κ1) is 11.6. The van der Waals surface area contributed by atoms with E-state index in [0.717, 1.165) is 17.2 Å². The zero-order chi connectivity index (χ0) is 12.6. The van der Waals surface area contributed by atoms with Gasteiger partial charge in [0.15, 0.2) is 6.29 Å². The van der Waals surface area contributed by atoms with E-state index in [4.69, 9.17) is 0 Å². The minimum atomic E-state index is -0.144. The van der Waals surface area contributed by atoms with E-state index in [9.17, 15) is 9.90 Å². The van der Waals surface area contributed by atoms with Crippen LogP contribution in [0.2, 0.25) is 0 Å². The first-order valence-corrected chi connectivity index (χ1v) is 5.51. The Hall–Kier alpha value is -1.90. The number of phenols is 1. The Labute approximate surface area is 100 Å². The van der Waals surface area contributed by atoms with Crippen molar-refractivity contribution in [2.45, 2.75) is 26.2 Å². The highest BCUT2D eigenvalue weighted by Gasteiger charge is 2.21. The monoisotopic (exact) mass is 229 g/mol. The number of fused-ring (bicyclic) bond motifs is 1. The number of carbonyl (C=O) groups is 1. The average molecular weight is 229 g/mol. The molecule has 0 aliphatic carbocycles. The standard InChI is InChI=1S/C14H15NO2/c1-14(2,3)13-9(8-16)7-15-12-6-10(17)4-5-11(12)13/h4-8,17H,1-3H3. The van der Waals surface area contributed by atoms with E-state index in [0.29, 0.717) is 11.1 Å². The Morgan fingerprint density at radius 1 is 1.29 bits per heavy atom. The molecule has 0 saturated carbocycles. The third-order valence-electron chi connectivity index (χ3n) is 2.76. The molecule has 0 aliphatic rings. The normalized spacial score (nSPS) is 11.7. The Kier molecular flexibility index (Phi) is 2.62. The Morgan fingerprint density at radius 2 is 2.00 bits per heavy atom. The quantitative estimate of drug-likeness (QED) is 0.764. The number of benzene rings is 1. The van der Waals surface area contributed by atoms with Gasteiger partial charge in [-0.3, -0.25) is 9.78 Å². The number of rotatable bonds is 1. The third kappa shape index (κ3) is 2.00. The van der Waals surface area contributed by atoms with Crippen LogP contribution in [0.3, 0.4) is 0 Å². The Morgan fingerprint density at radius 3 is 2.59 bits per heavy atom. The lowest BCUT2D eigenvalue weighted by atomic mass is 9.82. The molecular formula is C14H15NO2. The summed E-state index contributed by atoms with van der Waals surface area (Å²) in [6.45, 7) is 6.17. The van der Waals surface area contributed by atoms with E-state index < -0.39 is 0 Å². The zero-order valence-corrected chi connectivity index (χ0v) is 10.2. The van der Waals surface area contributed by atoms with Crippen LogP contribution in [0.25, 0.3) is 10.9 Å². The zero-order valence-electron chi connectivity index (χ0n) is 10.2. The molecule has 88 valence electrons. The van der Waals surface area contributed by atoms with Crippen molar-refractivity contribution in [1.82, 2.24) is 4.98 Å². The van der Waals surface area contributed by atoms with Gasteiger partial charge < -0.3 is 5.11 Å². The summed E-state index contributed by atoms with van der Waals surface area (Å²) in [5.41, 5.74) is 2.14. The summed E-state index contributed by atoms with van der Waals surface area (Å²) in [4.78, 5) is 15.3. The fourth-order valence-electron chi connectivity index (χ4n) is 2.12. The summed E-state index contributed by atoms with van der Waals surface area (Å²) in [5.74, 6) is 0.184. The van der Waals surface area contributed by atoms with Crippen LogP contribution in [-0.2, 0) is 5.41 Å². The first-order valence-electron chi connectivity index (χ1n) is 5.51. The summed E-state index contributed by atoms with van der Waals surface area (Å²) in [6, 6.07) is 5.04. The van der Waals surface area contributed by atoms with Gasteiger partial charge in [0.1, 0.15) is 5.75 Å². The Balaban J connectivity index is 2.89. The van der Waals surface area contributed by atoms with Crippen molar-refractivity contribution in [2.24, 2.45) is 0 Å². The minimum absolute atomic E-state index is 0.144. The maximum Gasteiger partial charge on any atom is 0.151 e. The Bertz CT molecular complexity index is 583. The maximum atomic E-state index is 11.1. The molecule has 3 nitrogen and oxygen atoms in total. The molecule has 2 aromatic rings. The SMILES string of the molecule is CC(C)(C)c1c(C=O)cnc2cc(O)ccc12. The lowest BCUT2D eigenvalue weighted by Crippen LogP contribution is -2.15. The molecule has 1 heterocycles. The van der Waals surface area contributed by atoms with Gasteiger partial charge in [-0.05, 0) is 23.1 Å². The number of aromatic hydroxyl groups is 1. The summed E-state index contributed by atoms with van der Waals surface area (Å²) in [6.07, 6.45) is 2.40. The molecule has 0 saturated heterocycles. The van der Waals surface area contributed by atoms with Crippen LogP contribution in [0.4, 0.5) is 0 Å². The minimum Gasteiger partial charge on any atom is -0.508 e. The van der Waals surface area contributed by atoms with Crippen LogP contribution < -0.4 is 0 Å². The second-order valence-electron chi connectivity index (χ2n) is 5.16. The molecule has 3 heteroatoms. The lowest BCUT2D eigenvalue weighted by molar-refractivity contribution is 0.112. The highest BCUT2D eigenvalue weighted by molar-refractivity contribution is 5.91. The summed E-state index contributed by atoms with van der Waals surface area (Å²) >= 11 is 0. The summed E-state index contributed by atoms with van der Waals surface area (Å²) in [5, 5.41) is 10.4. The highest BCUT2D eigenvalue weighted by atomic mass is 16.3. The van der Waals surface area contributed by atoms with Crippen LogP contribution in [-0.4, -0.2) is 16.4 Å². The number of aldehydes is 1. The van der Waals surface area contributed by atoms with Crippen molar-refractivity contribution in [3.8, 4) is 5.75 Å². The van der Waals surface area contributed by atoms with Crippen LogP contribution in [0.1, 0.15) is 36.7 Å². The molecule has 1 aromatic carbocycles. The molecule has 0 spiro atoms. The van der Waals surface area contributed by atoms with Gasteiger partial charge in [-0.2, -0.15) is 0 Å². The van der Waals surface area contributed by atoms with Gasteiger partial charge >= 0.3 is 0 Å². The number of pyridine rings is 1. The van der Waals surface area contributed by atoms with Gasteiger partial charge in [0.25, 0.3) is 0 Å². The highest BCUT2D eigenvalue weighted by Crippen LogP contribution is 2.32. The van der Waals surface area contributed by atoms with Crippen LogP contribution in [0.15, 0.2) is 24.4 Å². The molecule has 1 aromatic heterocycles. The van der Waals surface area contributed by atoms with Crippen molar-refractivity contribution < 1.29 is 9.90 Å². The number of hydrogen-bond acceptors (Lipinski definition) is 3. The van der Waals surface area contributed by atoms with Crippen LogP contribution in [0.5, 0.6) is 5.75 Å². The molecule has 2 rings (SSSR count). The largest absolute Gasteiger partial charge is 0.508 e. The van der Waals surface area contributed by atoms with E-state index in [1.165, 1.54) is 0 Å². The molecular weight excluding hydrogens is 214 g/mol. The van der Waals surface area contributed by atoms with E-state index in [-0.39, 0.29) is 11.2 Å². The van der Waals surface area contributed by atoms with Crippen molar-refractivity contribution in [2.75, 3.05) is 0 Å². The van der Waals surface area contributed by atoms with E-state index in [1.807, 2.05) is 6.07 Å². The molecule has 0 atom stereocenters. The summed E-state index contributed by atoms with van der Waals surface area (Å²) in [7, 11) is 0.